The van der Waals surface area contributed by atoms with Gasteiger partial charge in [-0.1, -0.05) is 13.3 Å². The maximum atomic E-state index is 13.0. The molecule has 0 heterocycles. The van der Waals surface area contributed by atoms with Gasteiger partial charge in [0, 0.05) is 22.5 Å². The quantitative estimate of drug-likeness (QED) is 0.539. The van der Waals surface area contributed by atoms with Crippen LogP contribution in [-0.4, -0.2) is 29.8 Å². The van der Waals surface area contributed by atoms with E-state index < -0.39 is 0 Å². The van der Waals surface area contributed by atoms with Crippen molar-refractivity contribution in [3.05, 3.63) is 33.1 Å². The molecule has 0 aliphatic rings. The largest absolute Gasteiger partial charge is 0.337 e. The van der Waals surface area contributed by atoms with Gasteiger partial charge in [0.2, 0.25) is 0 Å². The SMILES string of the molecule is CCCCN(CCCl)C(=O)c1ccc(F)cc1I. The van der Waals surface area contributed by atoms with Gasteiger partial charge in [-0.15, -0.1) is 11.6 Å². The summed E-state index contributed by atoms with van der Waals surface area (Å²) in [5.41, 5.74) is 0.540. The molecule has 1 aromatic carbocycles. The van der Waals surface area contributed by atoms with Crippen LogP contribution in [0.3, 0.4) is 0 Å². The van der Waals surface area contributed by atoms with Crippen molar-refractivity contribution in [1.82, 2.24) is 4.90 Å². The molecule has 0 aliphatic heterocycles. The molecule has 0 aromatic heterocycles. The number of amides is 1. The molecule has 1 rings (SSSR count). The van der Waals surface area contributed by atoms with Crippen molar-refractivity contribution in [2.24, 2.45) is 0 Å². The minimum Gasteiger partial charge on any atom is -0.337 e. The average Bonchev–Trinajstić information content (AvgIpc) is 2.33. The third-order valence-electron chi connectivity index (χ3n) is 2.58. The highest BCUT2D eigenvalue weighted by Crippen LogP contribution is 2.16. The lowest BCUT2D eigenvalue weighted by Crippen LogP contribution is -2.34. The molecule has 0 saturated carbocycles. The van der Waals surface area contributed by atoms with Gasteiger partial charge in [0.1, 0.15) is 5.82 Å². The highest BCUT2D eigenvalue weighted by Gasteiger charge is 2.17. The van der Waals surface area contributed by atoms with E-state index >= 15 is 0 Å². The Bertz CT molecular complexity index is 414. The van der Waals surface area contributed by atoms with E-state index in [-0.39, 0.29) is 11.7 Å². The maximum absolute atomic E-state index is 13.0. The molecule has 0 unspecified atom stereocenters. The lowest BCUT2D eigenvalue weighted by molar-refractivity contribution is 0.0762. The van der Waals surface area contributed by atoms with Gasteiger partial charge in [0.25, 0.3) is 5.91 Å². The molecule has 5 heteroatoms. The minimum absolute atomic E-state index is 0.0755. The molecule has 0 spiro atoms. The van der Waals surface area contributed by atoms with Crippen molar-refractivity contribution in [2.75, 3.05) is 19.0 Å². The van der Waals surface area contributed by atoms with Crippen molar-refractivity contribution >= 4 is 40.1 Å². The monoisotopic (exact) mass is 383 g/mol. The molecule has 0 saturated heterocycles. The fraction of sp³-hybridized carbons (Fsp3) is 0.462. The molecule has 0 aliphatic carbocycles. The Kier molecular flexibility index (Phi) is 6.92. The highest BCUT2D eigenvalue weighted by molar-refractivity contribution is 14.1. The molecule has 2 nitrogen and oxygen atoms in total. The molecule has 1 aromatic rings. The number of hydrogen-bond acceptors (Lipinski definition) is 1. The summed E-state index contributed by atoms with van der Waals surface area (Å²) >= 11 is 7.70. The van der Waals surface area contributed by atoms with E-state index in [0.29, 0.717) is 28.1 Å². The topological polar surface area (TPSA) is 20.3 Å². The Labute approximate surface area is 126 Å². The molecule has 0 bridgehead atoms. The predicted molar refractivity (Wildman–Crippen MR) is 80.6 cm³/mol. The average molecular weight is 384 g/mol. The molecule has 1 amide bonds. The summed E-state index contributed by atoms with van der Waals surface area (Å²) in [5.74, 6) is 0.00893. The van der Waals surface area contributed by atoms with Crippen molar-refractivity contribution in [1.29, 1.82) is 0 Å². The van der Waals surface area contributed by atoms with Crippen LogP contribution in [0.5, 0.6) is 0 Å². The Morgan fingerprint density at radius 3 is 2.72 bits per heavy atom. The third kappa shape index (κ3) is 4.39. The Morgan fingerprint density at radius 2 is 2.17 bits per heavy atom. The summed E-state index contributed by atoms with van der Waals surface area (Å²) in [6.07, 6.45) is 1.97. The van der Waals surface area contributed by atoms with Gasteiger partial charge in [-0.05, 0) is 47.2 Å². The van der Waals surface area contributed by atoms with E-state index in [4.69, 9.17) is 11.6 Å². The number of unbranched alkanes of at least 4 members (excludes halogenated alkanes) is 1. The zero-order valence-corrected chi connectivity index (χ0v) is 13.2. The highest BCUT2D eigenvalue weighted by atomic mass is 127. The number of hydrogen-bond donors (Lipinski definition) is 0. The Balaban J connectivity index is 2.87. The predicted octanol–water partition coefficient (Wildman–Crippen LogP) is 3.91. The smallest absolute Gasteiger partial charge is 0.254 e. The first-order valence-electron chi connectivity index (χ1n) is 5.90. The molecule has 0 radical (unpaired) electrons. The van der Waals surface area contributed by atoms with Crippen LogP contribution in [0, 0.1) is 9.39 Å². The standard InChI is InChI=1S/C13H16ClFINO/c1-2-3-7-17(8-6-14)13(18)11-5-4-10(15)9-12(11)16/h4-5,9H,2-3,6-8H2,1H3. The zero-order valence-electron chi connectivity index (χ0n) is 10.3. The van der Waals surface area contributed by atoms with Crippen LogP contribution in [0.2, 0.25) is 0 Å². The van der Waals surface area contributed by atoms with E-state index in [1.807, 2.05) is 22.6 Å². The van der Waals surface area contributed by atoms with Gasteiger partial charge in [0.05, 0.1) is 5.56 Å². The first-order valence-corrected chi connectivity index (χ1v) is 7.51. The van der Waals surface area contributed by atoms with Crippen LogP contribution in [0.4, 0.5) is 4.39 Å². The summed E-state index contributed by atoms with van der Waals surface area (Å²) in [7, 11) is 0. The number of alkyl halides is 1. The maximum Gasteiger partial charge on any atom is 0.254 e. The number of rotatable bonds is 6. The molecule has 100 valence electrons. The first-order chi connectivity index (χ1) is 8.60. The summed E-state index contributed by atoms with van der Waals surface area (Å²) in [5, 5.41) is 0. The van der Waals surface area contributed by atoms with Gasteiger partial charge in [-0.25, -0.2) is 4.39 Å². The number of halogens is 3. The number of carbonyl (C=O) groups excluding carboxylic acids is 1. The van der Waals surface area contributed by atoms with Gasteiger partial charge < -0.3 is 4.90 Å². The van der Waals surface area contributed by atoms with Gasteiger partial charge in [0.15, 0.2) is 0 Å². The summed E-state index contributed by atoms with van der Waals surface area (Å²) in [6, 6.07) is 4.22. The normalized spacial score (nSPS) is 10.4. The second-order valence-electron chi connectivity index (χ2n) is 3.96. The van der Waals surface area contributed by atoms with Gasteiger partial charge in [-0.2, -0.15) is 0 Å². The van der Waals surface area contributed by atoms with Gasteiger partial charge in [-0.3, -0.25) is 4.79 Å². The molecule has 0 N–H and O–H groups in total. The van der Waals surface area contributed by atoms with Crippen LogP contribution in [-0.2, 0) is 0 Å². The second kappa shape index (κ2) is 7.94. The molecule has 18 heavy (non-hydrogen) atoms. The molecular formula is C13H16ClFINO. The summed E-state index contributed by atoms with van der Waals surface area (Å²) < 4.78 is 13.6. The summed E-state index contributed by atoms with van der Waals surface area (Å²) in [6.45, 7) is 3.29. The lowest BCUT2D eigenvalue weighted by Gasteiger charge is -2.22. The fourth-order valence-electron chi connectivity index (χ4n) is 1.60. The Hall–Kier alpha value is -0.360. The van der Waals surface area contributed by atoms with Gasteiger partial charge >= 0.3 is 0 Å². The van der Waals surface area contributed by atoms with Crippen LogP contribution in [0.1, 0.15) is 30.1 Å². The van der Waals surface area contributed by atoms with E-state index in [0.717, 1.165) is 12.8 Å². The minimum atomic E-state index is -0.326. The van der Waals surface area contributed by atoms with Crippen LogP contribution in [0.25, 0.3) is 0 Å². The third-order valence-corrected chi connectivity index (χ3v) is 3.65. The van der Waals surface area contributed by atoms with E-state index in [1.165, 1.54) is 18.2 Å². The van der Waals surface area contributed by atoms with Crippen molar-refractivity contribution < 1.29 is 9.18 Å². The van der Waals surface area contributed by atoms with Crippen LogP contribution < -0.4 is 0 Å². The molecule has 0 atom stereocenters. The van der Waals surface area contributed by atoms with E-state index in [2.05, 4.69) is 6.92 Å². The second-order valence-corrected chi connectivity index (χ2v) is 5.50. The van der Waals surface area contributed by atoms with Crippen molar-refractivity contribution in [3.63, 3.8) is 0 Å². The van der Waals surface area contributed by atoms with E-state index in [1.54, 1.807) is 4.90 Å². The molecular weight excluding hydrogens is 368 g/mol. The molecule has 0 fully saturated rings. The van der Waals surface area contributed by atoms with E-state index in [9.17, 15) is 9.18 Å². The zero-order chi connectivity index (χ0) is 13.5. The van der Waals surface area contributed by atoms with Crippen molar-refractivity contribution in [3.8, 4) is 0 Å². The van der Waals surface area contributed by atoms with Crippen LogP contribution >= 0.6 is 34.2 Å². The number of carbonyl (C=O) groups is 1. The number of benzene rings is 1. The first kappa shape index (κ1) is 15.7. The van der Waals surface area contributed by atoms with Crippen molar-refractivity contribution in [2.45, 2.75) is 19.8 Å². The summed E-state index contributed by atoms with van der Waals surface area (Å²) in [4.78, 5) is 14.0. The lowest BCUT2D eigenvalue weighted by atomic mass is 10.2. The van der Waals surface area contributed by atoms with Crippen LogP contribution in [0.15, 0.2) is 18.2 Å². The number of nitrogens with zero attached hydrogens (tertiary/aromatic N) is 1. The fourth-order valence-corrected chi connectivity index (χ4v) is 2.51. The Morgan fingerprint density at radius 1 is 1.44 bits per heavy atom.